The summed E-state index contributed by atoms with van der Waals surface area (Å²) in [5, 5.41) is 8.94. The van der Waals surface area contributed by atoms with Crippen molar-refractivity contribution >= 4 is 5.78 Å². The molecule has 1 heterocycles. The standard InChI is InChI=1S/C13H22N2O/c1-4-11-9-15(7-5-12(11)16)8-6-13(2,3)10-14/h11H,4-9H2,1-3H3. The minimum absolute atomic E-state index is 0.221. The predicted molar refractivity (Wildman–Crippen MR) is 63.9 cm³/mol. The highest BCUT2D eigenvalue weighted by atomic mass is 16.1. The molecule has 1 aliphatic heterocycles. The van der Waals surface area contributed by atoms with Crippen LogP contribution < -0.4 is 0 Å². The van der Waals surface area contributed by atoms with Crippen molar-refractivity contribution in [1.29, 1.82) is 5.26 Å². The van der Waals surface area contributed by atoms with Gasteiger partial charge in [0, 0.05) is 25.4 Å². The molecule has 0 bridgehead atoms. The van der Waals surface area contributed by atoms with Gasteiger partial charge in [-0.05, 0) is 33.2 Å². The van der Waals surface area contributed by atoms with Gasteiger partial charge in [0.25, 0.3) is 0 Å². The van der Waals surface area contributed by atoms with Crippen molar-refractivity contribution in [3.63, 3.8) is 0 Å². The van der Waals surface area contributed by atoms with Gasteiger partial charge in [0.2, 0.25) is 0 Å². The van der Waals surface area contributed by atoms with Crippen LogP contribution in [0.2, 0.25) is 0 Å². The first-order valence-corrected chi connectivity index (χ1v) is 6.15. The Morgan fingerprint density at radius 2 is 2.25 bits per heavy atom. The summed E-state index contributed by atoms with van der Waals surface area (Å²) in [5.41, 5.74) is -0.247. The number of piperidine rings is 1. The zero-order valence-corrected chi connectivity index (χ0v) is 10.6. The van der Waals surface area contributed by atoms with Crippen LogP contribution in [0.3, 0.4) is 0 Å². The molecule has 0 spiro atoms. The predicted octanol–water partition coefficient (Wildman–Crippen LogP) is 2.23. The zero-order chi connectivity index (χ0) is 12.2. The van der Waals surface area contributed by atoms with Gasteiger partial charge in [-0.2, -0.15) is 5.26 Å². The molecule has 0 saturated carbocycles. The Morgan fingerprint density at radius 3 is 2.81 bits per heavy atom. The minimum Gasteiger partial charge on any atom is -0.302 e. The number of likely N-dealkylation sites (tertiary alicyclic amines) is 1. The van der Waals surface area contributed by atoms with E-state index in [1.54, 1.807) is 0 Å². The maximum Gasteiger partial charge on any atom is 0.138 e. The lowest BCUT2D eigenvalue weighted by molar-refractivity contribution is -0.126. The maximum atomic E-state index is 11.5. The molecule has 1 saturated heterocycles. The molecule has 0 amide bonds. The van der Waals surface area contributed by atoms with E-state index in [0.717, 1.165) is 32.5 Å². The summed E-state index contributed by atoms with van der Waals surface area (Å²) in [6.07, 6.45) is 2.51. The van der Waals surface area contributed by atoms with Gasteiger partial charge >= 0.3 is 0 Å². The maximum absolute atomic E-state index is 11.5. The fourth-order valence-corrected chi connectivity index (χ4v) is 2.03. The number of rotatable bonds is 4. The molecular weight excluding hydrogens is 200 g/mol. The lowest BCUT2D eigenvalue weighted by Crippen LogP contribution is -2.41. The molecule has 1 unspecified atom stereocenters. The van der Waals surface area contributed by atoms with Crippen LogP contribution in [0.15, 0.2) is 0 Å². The fraction of sp³-hybridized carbons (Fsp3) is 0.846. The van der Waals surface area contributed by atoms with Gasteiger partial charge in [-0.1, -0.05) is 6.92 Å². The molecule has 0 aromatic heterocycles. The van der Waals surface area contributed by atoms with Crippen molar-refractivity contribution in [1.82, 2.24) is 4.90 Å². The molecule has 0 aromatic rings. The van der Waals surface area contributed by atoms with Gasteiger partial charge < -0.3 is 4.90 Å². The van der Waals surface area contributed by atoms with Gasteiger partial charge in [-0.15, -0.1) is 0 Å². The van der Waals surface area contributed by atoms with Crippen molar-refractivity contribution in [2.24, 2.45) is 11.3 Å². The Balaban J connectivity index is 2.40. The van der Waals surface area contributed by atoms with E-state index in [9.17, 15) is 4.79 Å². The molecule has 1 fully saturated rings. The van der Waals surface area contributed by atoms with Crippen molar-refractivity contribution in [3.8, 4) is 6.07 Å². The third-order valence-corrected chi connectivity index (χ3v) is 3.46. The average Bonchev–Trinajstić information content (AvgIpc) is 2.28. The highest BCUT2D eigenvalue weighted by molar-refractivity contribution is 5.82. The summed E-state index contributed by atoms with van der Waals surface area (Å²) < 4.78 is 0. The number of nitriles is 1. The van der Waals surface area contributed by atoms with Crippen LogP contribution in [0.1, 0.15) is 40.0 Å². The fourth-order valence-electron chi connectivity index (χ4n) is 2.03. The summed E-state index contributed by atoms with van der Waals surface area (Å²) in [5.74, 6) is 0.636. The highest BCUT2D eigenvalue weighted by Crippen LogP contribution is 2.22. The van der Waals surface area contributed by atoms with E-state index in [-0.39, 0.29) is 11.3 Å². The molecule has 1 rings (SSSR count). The van der Waals surface area contributed by atoms with E-state index >= 15 is 0 Å². The van der Waals surface area contributed by atoms with Crippen molar-refractivity contribution in [2.45, 2.75) is 40.0 Å². The highest BCUT2D eigenvalue weighted by Gasteiger charge is 2.26. The van der Waals surface area contributed by atoms with Crippen molar-refractivity contribution in [2.75, 3.05) is 19.6 Å². The smallest absolute Gasteiger partial charge is 0.138 e. The third-order valence-electron chi connectivity index (χ3n) is 3.46. The van der Waals surface area contributed by atoms with Crippen LogP contribution in [0.5, 0.6) is 0 Å². The second kappa shape index (κ2) is 5.45. The van der Waals surface area contributed by atoms with Crippen LogP contribution in [0, 0.1) is 22.7 Å². The lowest BCUT2D eigenvalue weighted by Gasteiger charge is -2.32. The van der Waals surface area contributed by atoms with Crippen molar-refractivity contribution in [3.05, 3.63) is 0 Å². The van der Waals surface area contributed by atoms with Gasteiger partial charge in [-0.3, -0.25) is 4.79 Å². The molecule has 3 nitrogen and oxygen atoms in total. The van der Waals surface area contributed by atoms with Crippen LogP contribution in [0.25, 0.3) is 0 Å². The summed E-state index contributed by atoms with van der Waals surface area (Å²) >= 11 is 0. The lowest BCUT2D eigenvalue weighted by atomic mass is 9.89. The molecule has 0 radical (unpaired) electrons. The van der Waals surface area contributed by atoms with E-state index in [1.807, 2.05) is 13.8 Å². The minimum atomic E-state index is -0.247. The quantitative estimate of drug-likeness (QED) is 0.732. The summed E-state index contributed by atoms with van der Waals surface area (Å²) in [6, 6.07) is 2.32. The molecule has 3 heteroatoms. The summed E-state index contributed by atoms with van der Waals surface area (Å²) in [6.45, 7) is 8.71. The number of nitrogens with zero attached hydrogens (tertiary/aromatic N) is 2. The Bertz CT molecular complexity index is 291. The average molecular weight is 222 g/mol. The molecule has 0 aromatic carbocycles. The Labute approximate surface area is 98.4 Å². The first-order valence-electron chi connectivity index (χ1n) is 6.15. The first kappa shape index (κ1) is 13.2. The Morgan fingerprint density at radius 1 is 1.56 bits per heavy atom. The molecule has 1 atom stereocenters. The summed E-state index contributed by atoms with van der Waals surface area (Å²) in [7, 11) is 0. The van der Waals surface area contributed by atoms with Crippen LogP contribution >= 0.6 is 0 Å². The van der Waals surface area contributed by atoms with Crippen LogP contribution in [0.4, 0.5) is 0 Å². The SMILES string of the molecule is CCC1CN(CCC(C)(C)C#N)CCC1=O. The number of Topliss-reactive ketones (excluding diaryl/α,β-unsaturated/α-hetero) is 1. The Hall–Kier alpha value is -0.880. The van der Waals surface area contributed by atoms with E-state index in [1.165, 1.54) is 0 Å². The molecular formula is C13H22N2O. The monoisotopic (exact) mass is 222 g/mol. The first-order chi connectivity index (χ1) is 7.48. The van der Waals surface area contributed by atoms with Gasteiger partial charge in [0.1, 0.15) is 5.78 Å². The van der Waals surface area contributed by atoms with Crippen molar-refractivity contribution < 1.29 is 4.79 Å². The number of carbonyl (C=O) groups excluding carboxylic acids is 1. The van der Waals surface area contributed by atoms with E-state index in [2.05, 4.69) is 17.9 Å². The van der Waals surface area contributed by atoms with Gasteiger partial charge in [0.15, 0.2) is 0 Å². The van der Waals surface area contributed by atoms with Crippen LogP contribution in [-0.4, -0.2) is 30.3 Å². The van der Waals surface area contributed by atoms with E-state index < -0.39 is 0 Å². The van der Waals surface area contributed by atoms with E-state index in [4.69, 9.17) is 5.26 Å². The normalized spacial score (nSPS) is 23.1. The largest absolute Gasteiger partial charge is 0.302 e. The topological polar surface area (TPSA) is 44.1 Å². The molecule has 0 N–H and O–H groups in total. The number of carbonyl (C=O) groups is 1. The third kappa shape index (κ3) is 3.61. The van der Waals surface area contributed by atoms with Crippen LogP contribution in [-0.2, 0) is 4.79 Å². The molecule has 1 aliphatic rings. The molecule has 90 valence electrons. The Kier molecular flexibility index (Phi) is 4.49. The van der Waals surface area contributed by atoms with Gasteiger partial charge in [0.05, 0.1) is 11.5 Å². The van der Waals surface area contributed by atoms with E-state index in [0.29, 0.717) is 12.2 Å². The number of hydrogen-bond donors (Lipinski definition) is 0. The van der Waals surface area contributed by atoms with Gasteiger partial charge in [-0.25, -0.2) is 0 Å². The second-order valence-electron chi connectivity index (χ2n) is 5.37. The summed E-state index contributed by atoms with van der Waals surface area (Å²) in [4.78, 5) is 13.9. The number of ketones is 1. The molecule has 0 aliphatic carbocycles. The zero-order valence-electron chi connectivity index (χ0n) is 10.6. The number of hydrogen-bond acceptors (Lipinski definition) is 3. The molecule has 16 heavy (non-hydrogen) atoms. The second-order valence-corrected chi connectivity index (χ2v) is 5.37.